The summed E-state index contributed by atoms with van der Waals surface area (Å²) in [5.74, 6) is 0.528. The van der Waals surface area contributed by atoms with E-state index in [2.05, 4.69) is 20.4 Å². The highest BCUT2D eigenvalue weighted by Gasteiger charge is 2.26. The van der Waals surface area contributed by atoms with E-state index in [0.717, 1.165) is 16.6 Å². The molecule has 0 aliphatic carbocycles. The number of hydrogen-bond donors (Lipinski definition) is 2. The summed E-state index contributed by atoms with van der Waals surface area (Å²) in [4.78, 5) is 28.1. The first-order valence-electron chi connectivity index (χ1n) is 9.93. The predicted octanol–water partition coefficient (Wildman–Crippen LogP) is 2.26. The number of anilines is 2. The quantitative estimate of drug-likeness (QED) is 0.483. The molecule has 11 heteroatoms. The van der Waals surface area contributed by atoms with Crippen LogP contribution in [0.3, 0.4) is 0 Å². The molecule has 0 unspecified atom stereocenters. The monoisotopic (exact) mass is 453 g/mol. The van der Waals surface area contributed by atoms with Crippen LogP contribution in [0.1, 0.15) is 22.6 Å². The van der Waals surface area contributed by atoms with Gasteiger partial charge in [0.1, 0.15) is 6.26 Å². The average Bonchev–Trinajstić information content (AvgIpc) is 3.48. The third-order valence-corrected chi connectivity index (χ3v) is 5.28. The zero-order valence-corrected chi connectivity index (χ0v) is 18.6. The van der Waals surface area contributed by atoms with Gasteiger partial charge >= 0.3 is 0 Å². The molecule has 1 aliphatic rings. The maximum Gasteiger partial charge on any atom is 0.277 e. The fraction of sp³-hybridized carbons (Fsp3) is 0.286. The summed E-state index contributed by atoms with van der Waals surface area (Å²) in [6.07, 6.45) is 4.92. The SMILES string of the molecule is Cc1cc(-c2nc(C(=O)Nc3cc4cnn(C)c4nc3N3CC[C@H](O)C3)co2)ccn1.S. The molecule has 4 aromatic rings. The van der Waals surface area contributed by atoms with Crippen molar-refractivity contribution in [3.63, 3.8) is 0 Å². The number of oxazole rings is 1. The zero-order valence-electron chi connectivity index (χ0n) is 17.6. The maximum atomic E-state index is 12.9. The number of amides is 1. The van der Waals surface area contributed by atoms with E-state index >= 15 is 0 Å². The Morgan fingerprint density at radius 3 is 2.91 bits per heavy atom. The van der Waals surface area contributed by atoms with Crippen LogP contribution >= 0.6 is 13.5 Å². The number of nitrogens with one attached hydrogen (secondary N) is 1. The predicted molar refractivity (Wildman–Crippen MR) is 124 cm³/mol. The van der Waals surface area contributed by atoms with Crippen LogP contribution in [0.4, 0.5) is 11.5 Å². The Balaban J connectivity index is 0.00000245. The van der Waals surface area contributed by atoms with Gasteiger partial charge in [-0.15, -0.1) is 0 Å². The molecule has 1 fully saturated rings. The molecule has 0 spiro atoms. The van der Waals surface area contributed by atoms with Gasteiger partial charge in [-0.05, 0) is 31.5 Å². The molecule has 0 saturated carbocycles. The first kappa shape index (κ1) is 21.8. The maximum absolute atomic E-state index is 12.9. The third-order valence-electron chi connectivity index (χ3n) is 5.28. The van der Waals surface area contributed by atoms with Crippen molar-refractivity contribution in [2.24, 2.45) is 7.05 Å². The second kappa shape index (κ2) is 8.60. The highest BCUT2D eigenvalue weighted by molar-refractivity contribution is 7.59. The largest absolute Gasteiger partial charge is 0.444 e. The van der Waals surface area contributed by atoms with Crippen molar-refractivity contribution in [2.75, 3.05) is 23.3 Å². The van der Waals surface area contributed by atoms with Crippen LogP contribution in [0, 0.1) is 6.92 Å². The number of carbonyl (C=O) groups excluding carboxylic acids is 1. The molecule has 5 rings (SSSR count). The topological polar surface area (TPSA) is 122 Å². The van der Waals surface area contributed by atoms with E-state index in [0.29, 0.717) is 42.6 Å². The number of aliphatic hydroxyl groups excluding tert-OH is 1. The van der Waals surface area contributed by atoms with Gasteiger partial charge in [0, 0.05) is 43.0 Å². The van der Waals surface area contributed by atoms with Crippen molar-refractivity contribution in [3.05, 3.63) is 48.2 Å². The van der Waals surface area contributed by atoms with E-state index in [1.165, 1.54) is 6.26 Å². The lowest BCUT2D eigenvalue weighted by Crippen LogP contribution is -2.25. The van der Waals surface area contributed by atoms with E-state index in [1.807, 2.05) is 31.0 Å². The molecule has 1 amide bonds. The molecular weight excluding hydrogens is 430 g/mol. The number of β-amino-alcohol motifs (C(OH)–C–C–N with tert-alkyl or cyclic N) is 1. The number of nitrogens with zero attached hydrogens (tertiary/aromatic N) is 6. The molecule has 0 aromatic carbocycles. The van der Waals surface area contributed by atoms with E-state index in [9.17, 15) is 9.90 Å². The van der Waals surface area contributed by atoms with E-state index in [1.54, 1.807) is 23.1 Å². The van der Waals surface area contributed by atoms with Gasteiger partial charge in [-0.25, -0.2) is 9.97 Å². The number of aliphatic hydroxyl groups is 1. The summed E-state index contributed by atoms with van der Waals surface area (Å²) in [6, 6.07) is 5.45. The Morgan fingerprint density at radius 1 is 1.31 bits per heavy atom. The number of rotatable bonds is 4. The minimum Gasteiger partial charge on any atom is -0.444 e. The highest BCUT2D eigenvalue weighted by atomic mass is 32.1. The van der Waals surface area contributed by atoms with Crippen LogP contribution < -0.4 is 10.2 Å². The van der Waals surface area contributed by atoms with E-state index in [4.69, 9.17) is 9.40 Å². The van der Waals surface area contributed by atoms with Crippen molar-refractivity contribution in [2.45, 2.75) is 19.4 Å². The van der Waals surface area contributed by atoms with Gasteiger partial charge in [-0.3, -0.25) is 14.5 Å². The summed E-state index contributed by atoms with van der Waals surface area (Å²) >= 11 is 0. The molecule has 4 aromatic heterocycles. The van der Waals surface area contributed by atoms with Crippen LogP contribution in [0.5, 0.6) is 0 Å². The Labute approximate surface area is 190 Å². The summed E-state index contributed by atoms with van der Waals surface area (Å²) < 4.78 is 7.19. The van der Waals surface area contributed by atoms with Crippen molar-refractivity contribution in [3.8, 4) is 11.5 Å². The van der Waals surface area contributed by atoms with Crippen molar-refractivity contribution < 1.29 is 14.3 Å². The lowest BCUT2D eigenvalue weighted by atomic mass is 10.2. The van der Waals surface area contributed by atoms with E-state index < -0.39 is 12.0 Å². The van der Waals surface area contributed by atoms with Gasteiger partial charge in [0.25, 0.3) is 5.91 Å². The Morgan fingerprint density at radius 2 is 2.16 bits per heavy atom. The summed E-state index contributed by atoms with van der Waals surface area (Å²) in [5, 5.41) is 17.9. The lowest BCUT2D eigenvalue weighted by Gasteiger charge is -2.20. The normalized spacial score (nSPS) is 15.7. The molecule has 5 heterocycles. The highest BCUT2D eigenvalue weighted by Crippen LogP contribution is 2.31. The van der Waals surface area contributed by atoms with Crippen LogP contribution in [-0.2, 0) is 7.05 Å². The fourth-order valence-electron chi connectivity index (χ4n) is 3.71. The first-order valence-corrected chi connectivity index (χ1v) is 9.93. The lowest BCUT2D eigenvalue weighted by molar-refractivity contribution is 0.102. The Kier molecular flexibility index (Phi) is 5.85. The zero-order chi connectivity index (χ0) is 21.5. The third kappa shape index (κ3) is 4.04. The average molecular weight is 454 g/mol. The number of fused-ring (bicyclic) bond motifs is 1. The molecule has 0 radical (unpaired) electrons. The number of carbonyl (C=O) groups is 1. The van der Waals surface area contributed by atoms with Gasteiger partial charge in [-0.2, -0.15) is 18.6 Å². The van der Waals surface area contributed by atoms with Crippen LogP contribution in [0.2, 0.25) is 0 Å². The molecule has 2 N–H and O–H groups in total. The van der Waals surface area contributed by atoms with Crippen molar-refractivity contribution in [1.82, 2.24) is 24.7 Å². The smallest absolute Gasteiger partial charge is 0.277 e. The second-order valence-corrected chi connectivity index (χ2v) is 7.61. The molecule has 10 nitrogen and oxygen atoms in total. The second-order valence-electron chi connectivity index (χ2n) is 7.61. The van der Waals surface area contributed by atoms with Gasteiger partial charge < -0.3 is 19.7 Å². The molecular formula is C21H23N7O3S. The van der Waals surface area contributed by atoms with Crippen LogP contribution in [0.25, 0.3) is 22.5 Å². The summed E-state index contributed by atoms with van der Waals surface area (Å²) in [6.45, 7) is 2.98. The van der Waals surface area contributed by atoms with Crippen molar-refractivity contribution in [1.29, 1.82) is 0 Å². The Bertz CT molecular complexity index is 1290. The fourth-order valence-corrected chi connectivity index (χ4v) is 3.71. The number of pyridine rings is 2. The van der Waals surface area contributed by atoms with Crippen LogP contribution in [0.15, 0.2) is 41.3 Å². The van der Waals surface area contributed by atoms with Gasteiger partial charge in [0.2, 0.25) is 5.89 Å². The van der Waals surface area contributed by atoms with Crippen LogP contribution in [-0.4, -0.2) is 54.9 Å². The molecule has 32 heavy (non-hydrogen) atoms. The molecule has 166 valence electrons. The number of aromatic nitrogens is 5. The standard InChI is InChI=1S/C21H21N7O3.H2S/c1-12-7-13(3-5-22-12)21-25-17(11-31-21)20(30)24-16-8-14-9-23-27(2)18(14)26-19(16)28-6-4-15(29)10-28;/h3,5,7-9,11,15,29H,4,6,10H2,1-2H3,(H,24,30);1H2/t15-;/m0./s1. The van der Waals surface area contributed by atoms with Gasteiger partial charge in [0.15, 0.2) is 17.2 Å². The minimum atomic E-state index is -0.422. The van der Waals surface area contributed by atoms with Gasteiger partial charge in [0.05, 0.1) is 18.0 Å². The number of aryl methyl sites for hydroxylation is 2. The Hall–Kier alpha value is -3.44. The summed E-state index contributed by atoms with van der Waals surface area (Å²) in [5.41, 5.74) is 2.96. The van der Waals surface area contributed by atoms with Crippen molar-refractivity contribution >= 4 is 41.9 Å². The molecule has 1 aliphatic heterocycles. The van der Waals surface area contributed by atoms with E-state index in [-0.39, 0.29) is 19.2 Å². The van der Waals surface area contributed by atoms with Gasteiger partial charge in [-0.1, -0.05) is 0 Å². The molecule has 1 atom stereocenters. The summed E-state index contributed by atoms with van der Waals surface area (Å²) in [7, 11) is 1.81. The molecule has 0 bridgehead atoms. The minimum absolute atomic E-state index is 0. The molecule has 1 saturated heterocycles. The number of hydrogen-bond acceptors (Lipinski definition) is 8. The first-order chi connectivity index (χ1) is 15.0.